The normalized spacial score (nSPS) is 24.6. The second-order valence-electron chi connectivity index (χ2n) is 2.46. The molecule has 1 heterocycles. The first-order valence-electron chi connectivity index (χ1n) is 3.95. The van der Waals surface area contributed by atoms with E-state index in [-0.39, 0.29) is 12.0 Å². The summed E-state index contributed by atoms with van der Waals surface area (Å²) in [6.07, 6.45) is 0. The molecule has 0 aromatic heterocycles. The van der Waals surface area contributed by atoms with Crippen molar-refractivity contribution in [2.75, 3.05) is 26.2 Å². The van der Waals surface area contributed by atoms with E-state index < -0.39 is 0 Å². The maximum atomic E-state index is 11.1. The molecule has 0 radical (unpaired) electrons. The molecule has 0 aliphatic carbocycles. The highest BCUT2D eigenvalue weighted by molar-refractivity contribution is 5.76. The molecule has 1 saturated heterocycles. The molecule has 0 amide bonds. The molecular weight excluding hydrogens is 144 g/mol. The van der Waals surface area contributed by atoms with E-state index in [0.29, 0.717) is 13.2 Å². The van der Waals surface area contributed by atoms with Crippen LogP contribution in [0.15, 0.2) is 0 Å². The van der Waals surface area contributed by atoms with Crippen LogP contribution in [0.2, 0.25) is 0 Å². The Morgan fingerprint density at radius 3 is 3.00 bits per heavy atom. The lowest BCUT2D eigenvalue weighted by molar-refractivity contribution is -0.145. The molecule has 1 fully saturated rings. The number of piperazine rings is 1. The SMILES string of the molecule is CCOC(=O)[C@@H]1CNCCN1. The van der Waals surface area contributed by atoms with Gasteiger partial charge in [0.2, 0.25) is 0 Å². The van der Waals surface area contributed by atoms with Crippen LogP contribution in [0, 0.1) is 0 Å². The molecule has 0 aromatic rings. The van der Waals surface area contributed by atoms with Crippen molar-refractivity contribution in [3.05, 3.63) is 0 Å². The van der Waals surface area contributed by atoms with Crippen molar-refractivity contribution in [1.82, 2.24) is 10.6 Å². The molecule has 1 aliphatic heterocycles. The summed E-state index contributed by atoms with van der Waals surface area (Å²) in [6, 6.07) is -0.149. The van der Waals surface area contributed by atoms with E-state index in [1.165, 1.54) is 0 Å². The average Bonchev–Trinajstić information content (AvgIpc) is 2.07. The van der Waals surface area contributed by atoms with Gasteiger partial charge in [0.15, 0.2) is 0 Å². The Balaban J connectivity index is 2.27. The lowest BCUT2D eigenvalue weighted by Gasteiger charge is -2.22. The lowest BCUT2D eigenvalue weighted by Crippen LogP contribution is -2.52. The highest BCUT2D eigenvalue weighted by atomic mass is 16.5. The average molecular weight is 158 g/mol. The number of carbonyl (C=O) groups is 1. The second kappa shape index (κ2) is 4.31. The fourth-order valence-electron chi connectivity index (χ4n) is 1.06. The predicted molar refractivity (Wildman–Crippen MR) is 41.3 cm³/mol. The largest absolute Gasteiger partial charge is 0.465 e. The Kier molecular flexibility index (Phi) is 3.32. The Morgan fingerprint density at radius 1 is 1.64 bits per heavy atom. The highest BCUT2D eigenvalue weighted by Gasteiger charge is 2.20. The Hall–Kier alpha value is -0.610. The molecular formula is C7H14N2O2. The summed E-state index contributed by atoms with van der Waals surface area (Å²) in [6.45, 7) is 4.71. The van der Waals surface area contributed by atoms with Crippen molar-refractivity contribution in [3.63, 3.8) is 0 Å². The number of ether oxygens (including phenoxy) is 1. The van der Waals surface area contributed by atoms with Crippen LogP contribution in [0.1, 0.15) is 6.92 Å². The maximum Gasteiger partial charge on any atom is 0.324 e. The first kappa shape index (κ1) is 8.49. The zero-order chi connectivity index (χ0) is 8.10. The molecule has 4 nitrogen and oxygen atoms in total. The molecule has 4 heteroatoms. The molecule has 64 valence electrons. The standard InChI is InChI=1S/C7H14N2O2/c1-2-11-7(10)6-5-8-3-4-9-6/h6,8-9H,2-5H2,1H3/t6-/m0/s1. The number of hydrogen-bond donors (Lipinski definition) is 2. The Labute approximate surface area is 66.3 Å². The van der Waals surface area contributed by atoms with E-state index in [1.54, 1.807) is 0 Å². The summed E-state index contributed by atoms with van der Waals surface area (Å²) in [5, 5.41) is 6.18. The third kappa shape index (κ3) is 2.48. The smallest absolute Gasteiger partial charge is 0.324 e. The van der Waals surface area contributed by atoms with Gasteiger partial charge in [0.05, 0.1) is 6.61 Å². The van der Waals surface area contributed by atoms with Gasteiger partial charge in [0.1, 0.15) is 6.04 Å². The Bertz CT molecular complexity index is 132. The van der Waals surface area contributed by atoms with Crippen LogP contribution in [0.25, 0.3) is 0 Å². The van der Waals surface area contributed by atoms with Crippen molar-refractivity contribution < 1.29 is 9.53 Å². The first-order valence-corrected chi connectivity index (χ1v) is 3.95. The topological polar surface area (TPSA) is 50.4 Å². The number of hydrogen-bond acceptors (Lipinski definition) is 4. The van der Waals surface area contributed by atoms with E-state index in [2.05, 4.69) is 10.6 Å². The van der Waals surface area contributed by atoms with Crippen LogP contribution in [-0.2, 0) is 9.53 Å². The van der Waals surface area contributed by atoms with Crippen LogP contribution < -0.4 is 10.6 Å². The summed E-state index contributed by atoms with van der Waals surface area (Å²) >= 11 is 0. The van der Waals surface area contributed by atoms with Gasteiger partial charge in [-0.3, -0.25) is 4.79 Å². The molecule has 11 heavy (non-hydrogen) atoms. The van der Waals surface area contributed by atoms with Crippen molar-refractivity contribution in [2.45, 2.75) is 13.0 Å². The Morgan fingerprint density at radius 2 is 2.45 bits per heavy atom. The van der Waals surface area contributed by atoms with Gasteiger partial charge in [0, 0.05) is 19.6 Å². The fraction of sp³-hybridized carbons (Fsp3) is 0.857. The second-order valence-corrected chi connectivity index (χ2v) is 2.46. The molecule has 0 spiro atoms. The van der Waals surface area contributed by atoms with E-state index >= 15 is 0 Å². The van der Waals surface area contributed by atoms with Gasteiger partial charge in [0.25, 0.3) is 0 Å². The van der Waals surface area contributed by atoms with Gasteiger partial charge < -0.3 is 15.4 Å². The lowest BCUT2D eigenvalue weighted by atomic mass is 10.2. The van der Waals surface area contributed by atoms with E-state index in [4.69, 9.17) is 4.74 Å². The number of rotatable bonds is 2. The van der Waals surface area contributed by atoms with E-state index in [9.17, 15) is 4.79 Å². The minimum atomic E-state index is -0.153. The zero-order valence-electron chi connectivity index (χ0n) is 6.72. The van der Waals surface area contributed by atoms with Crippen molar-refractivity contribution in [1.29, 1.82) is 0 Å². The number of nitrogens with one attached hydrogen (secondary N) is 2. The third-order valence-corrected chi connectivity index (χ3v) is 1.61. The van der Waals surface area contributed by atoms with Gasteiger partial charge in [-0.2, -0.15) is 0 Å². The van der Waals surface area contributed by atoms with Gasteiger partial charge >= 0.3 is 5.97 Å². The van der Waals surface area contributed by atoms with E-state index in [0.717, 1.165) is 13.1 Å². The van der Waals surface area contributed by atoms with Gasteiger partial charge in [-0.05, 0) is 6.92 Å². The summed E-state index contributed by atoms with van der Waals surface area (Å²) in [7, 11) is 0. The van der Waals surface area contributed by atoms with Crippen LogP contribution in [0.5, 0.6) is 0 Å². The van der Waals surface area contributed by atoms with Crippen LogP contribution >= 0.6 is 0 Å². The van der Waals surface area contributed by atoms with Crippen molar-refractivity contribution in [3.8, 4) is 0 Å². The van der Waals surface area contributed by atoms with Crippen LogP contribution in [-0.4, -0.2) is 38.3 Å². The summed E-state index contributed by atoms with van der Waals surface area (Å²) in [4.78, 5) is 11.1. The molecule has 0 unspecified atom stereocenters. The van der Waals surface area contributed by atoms with Gasteiger partial charge in [-0.25, -0.2) is 0 Å². The monoisotopic (exact) mass is 158 g/mol. The minimum Gasteiger partial charge on any atom is -0.465 e. The summed E-state index contributed by atoms with van der Waals surface area (Å²) in [5.41, 5.74) is 0. The molecule has 1 rings (SSSR count). The maximum absolute atomic E-state index is 11.1. The molecule has 2 N–H and O–H groups in total. The van der Waals surface area contributed by atoms with Crippen LogP contribution in [0.4, 0.5) is 0 Å². The predicted octanol–water partition coefficient (Wildman–Crippen LogP) is -0.889. The molecule has 0 bridgehead atoms. The highest BCUT2D eigenvalue weighted by Crippen LogP contribution is 1.90. The fourth-order valence-corrected chi connectivity index (χ4v) is 1.06. The number of esters is 1. The quantitative estimate of drug-likeness (QED) is 0.512. The number of carbonyl (C=O) groups excluding carboxylic acids is 1. The van der Waals surface area contributed by atoms with Crippen LogP contribution in [0.3, 0.4) is 0 Å². The van der Waals surface area contributed by atoms with Crippen molar-refractivity contribution >= 4 is 5.97 Å². The van der Waals surface area contributed by atoms with Gasteiger partial charge in [-0.1, -0.05) is 0 Å². The summed E-state index contributed by atoms with van der Waals surface area (Å²) in [5.74, 6) is -0.153. The van der Waals surface area contributed by atoms with Crippen molar-refractivity contribution in [2.24, 2.45) is 0 Å². The molecule has 0 aromatic carbocycles. The third-order valence-electron chi connectivity index (χ3n) is 1.61. The molecule has 1 aliphatic rings. The summed E-state index contributed by atoms with van der Waals surface area (Å²) < 4.78 is 4.84. The van der Waals surface area contributed by atoms with Gasteiger partial charge in [-0.15, -0.1) is 0 Å². The first-order chi connectivity index (χ1) is 5.34. The van der Waals surface area contributed by atoms with E-state index in [1.807, 2.05) is 6.92 Å². The molecule has 1 atom stereocenters. The zero-order valence-corrected chi connectivity index (χ0v) is 6.72. The minimum absolute atomic E-state index is 0.149. The molecule has 0 saturated carbocycles.